The minimum absolute atomic E-state index is 0.0116. The van der Waals surface area contributed by atoms with E-state index in [-0.39, 0.29) is 11.8 Å². The second-order valence-corrected chi connectivity index (χ2v) is 5.87. The van der Waals surface area contributed by atoms with Crippen LogP contribution in [0.3, 0.4) is 0 Å². The van der Waals surface area contributed by atoms with E-state index in [0.717, 1.165) is 24.1 Å². The van der Waals surface area contributed by atoms with Gasteiger partial charge in [0.1, 0.15) is 5.88 Å². The Hall–Kier alpha value is -1.36. The lowest BCUT2D eigenvalue weighted by Crippen LogP contribution is -2.37. The number of hydrogen-bond donors (Lipinski definition) is 0. The molecule has 22 heavy (non-hydrogen) atoms. The zero-order valence-corrected chi connectivity index (χ0v) is 13.2. The zero-order valence-electron chi connectivity index (χ0n) is 12.5. The van der Waals surface area contributed by atoms with Gasteiger partial charge in [0.2, 0.25) is 5.91 Å². The van der Waals surface area contributed by atoms with Crippen LogP contribution in [0.2, 0.25) is 0 Å². The largest absolute Gasteiger partial charge is 0.347 e. The first-order valence-corrected chi connectivity index (χ1v) is 8.13. The molecule has 0 aromatic heterocycles. The maximum atomic E-state index is 12.2. The first-order chi connectivity index (χ1) is 10.7. The van der Waals surface area contributed by atoms with Gasteiger partial charge in [0, 0.05) is 18.5 Å². The third-order valence-electron chi connectivity index (χ3n) is 4.17. The molecule has 5 heteroatoms. The molecule has 1 aliphatic heterocycles. The molecular weight excluding hydrogens is 302 g/mol. The lowest BCUT2D eigenvalue weighted by molar-refractivity contribution is -0.163. The highest BCUT2D eigenvalue weighted by molar-refractivity contribution is 6.27. The highest BCUT2D eigenvalue weighted by atomic mass is 35.5. The van der Waals surface area contributed by atoms with E-state index in [2.05, 4.69) is 6.08 Å². The molecule has 1 aromatic rings. The number of ether oxygens (including phenoxy) is 2. The molecule has 1 amide bonds. The van der Waals surface area contributed by atoms with E-state index >= 15 is 0 Å². The molecule has 0 saturated carbocycles. The Kier molecular flexibility index (Phi) is 4.81. The predicted octanol–water partition coefficient (Wildman–Crippen LogP) is 3.06. The number of carbonyl (C=O) groups is 1. The van der Waals surface area contributed by atoms with E-state index in [0.29, 0.717) is 26.2 Å². The minimum Gasteiger partial charge on any atom is -0.347 e. The standard InChI is InChI=1S/C17H20ClNO3/c18-12-16(20)19(13-14-4-2-1-3-5-14)15-6-8-17(9-7-15)21-10-11-22-17/h1-6H,7-13H2. The molecule has 1 aliphatic carbocycles. The highest BCUT2D eigenvalue weighted by Gasteiger charge is 2.38. The third-order valence-corrected chi connectivity index (χ3v) is 4.40. The Morgan fingerprint density at radius 3 is 2.55 bits per heavy atom. The number of rotatable bonds is 4. The maximum absolute atomic E-state index is 12.2. The monoisotopic (exact) mass is 321 g/mol. The van der Waals surface area contributed by atoms with Gasteiger partial charge in [-0.3, -0.25) is 4.79 Å². The highest BCUT2D eigenvalue weighted by Crippen LogP contribution is 2.36. The quantitative estimate of drug-likeness (QED) is 0.800. The molecule has 1 spiro atoms. The average Bonchev–Trinajstić information content (AvgIpc) is 3.02. The summed E-state index contributed by atoms with van der Waals surface area (Å²) in [5.41, 5.74) is 2.11. The van der Waals surface area contributed by atoms with Crippen molar-refractivity contribution in [2.24, 2.45) is 0 Å². The van der Waals surface area contributed by atoms with Crippen LogP contribution in [0.4, 0.5) is 0 Å². The maximum Gasteiger partial charge on any atom is 0.241 e. The molecule has 0 N–H and O–H groups in total. The van der Waals surface area contributed by atoms with Gasteiger partial charge < -0.3 is 14.4 Å². The number of amides is 1. The molecule has 0 bridgehead atoms. The third kappa shape index (κ3) is 3.35. The molecule has 118 valence electrons. The van der Waals surface area contributed by atoms with Gasteiger partial charge in [0.15, 0.2) is 5.79 Å². The number of alkyl halides is 1. The molecule has 3 rings (SSSR count). The second-order valence-electron chi connectivity index (χ2n) is 5.61. The molecular formula is C17H20ClNO3. The number of nitrogens with zero attached hydrogens (tertiary/aromatic N) is 1. The van der Waals surface area contributed by atoms with Crippen molar-refractivity contribution in [3.05, 3.63) is 47.7 Å². The van der Waals surface area contributed by atoms with Crippen LogP contribution < -0.4 is 0 Å². The molecule has 1 aromatic carbocycles. The second kappa shape index (κ2) is 6.82. The van der Waals surface area contributed by atoms with Gasteiger partial charge in [0.25, 0.3) is 0 Å². The van der Waals surface area contributed by atoms with Crippen molar-refractivity contribution in [1.29, 1.82) is 0 Å². The van der Waals surface area contributed by atoms with Gasteiger partial charge in [-0.15, -0.1) is 11.6 Å². The smallest absolute Gasteiger partial charge is 0.241 e. The summed E-state index contributed by atoms with van der Waals surface area (Å²) in [6, 6.07) is 9.95. The minimum atomic E-state index is -0.466. The molecule has 1 saturated heterocycles. The molecule has 0 atom stereocenters. The van der Waals surface area contributed by atoms with E-state index in [4.69, 9.17) is 21.1 Å². The Bertz CT molecular complexity index is 552. The Morgan fingerprint density at radius 1 is 1.23 bits per heavy atom. The summed E-state index contributed by atoms with van der Waals surface area (Å²) in [6.45, 7) is 1.85. The number of hydrogen-bond acceptors (Lipinski definition) is 3. The van der Waals surface area contributed by atoms with Crippen molar-refractivity contribution in [3.63, 3.8) is 0 Å². The fraction of sp³-hybridized carbons (Fsp3) is 0.471. The van der Waals surface area contributed by atoms with Crippen LogP contribution in [0.15, 0.2) is 42.1 Å². The first kappa shape index (κ1) is 15.5. The van der Waals surface area contributed by atoms with Crippen molar-refractivity contribution < 1.29 is 14.3 Å². The van der Waals surface area contributed by atoms with E-state index in [9.17, 15) is 4.79 Å². The van der Waals surface area contributed by atoms with Crippen LogP contribution in [-0.2, 0) is 20.8 Å². The van der Waals surface area contributed by atoms with Crippen LogP contribution >= 0.6 is 11.6 Å². The van der Waals surface area contributed by atoms with Crippen molar-refractivity contribution in [2.75, 3.05) is 19.1 Å². The fourth-order valence-corrected chi connectivity index (χ4v) is 3.13. The van der Waals surface area contributed by atoms with Gasteiger partial charge in [-0.25, -0.2) is 0 Å². The normalized spacial score (nSPS) is 20.0. The molecule has 0 unspecified atom stereocenters. The predicted molar refractivity (Wildman–Crippen MR) is 84.3 cm³/mol. The van der Waals surface area contributed by atoms with Crippen LogP contribution in [0.5, 0.6) is 0 Å². The molecule has 0 radical (unpaired) electrons. The fourth-order valence-electron chi connectivity index (χ4n) is 2.99. The molecule has 1 fully saturated rings. The van der Waals surface area contributed by atoms with E-state index in [1.54, 1.807) is 4.90 Å². The van der Waals surface area contributed by atoms with Gasteiger partial charge in [-0.2, -0.15) is 0 Å². The van der Waals surface area contributed by atoms with Crippen molar-refractivity contribution >= 4 is 17.5 Å². The number of carbonyl (C=O) groups excluding carboxylic acids is 1. The summed E-state index contributed by atoms with van der Waals surface area (Å²) >= 11 is 5.78. The van der Waals surface area contributed by atoms with Crippen molar-refractivity contribution in [1.82, 2.24) is 4.90 Å². The lowest BCUT2D eigenvalue weighted by Gasteiger charge is -2.34. The summed E-state index contributed by atoms with van der Waals surface area (Å²) in [5.74, 6) is -0.546. The number of allylic oxidation sites excluding steroid dienone is 1. The molecule has 1 heterocycles. The number of benzene rings is 1. The Morgan fingerprint density at radius 2 is 1.95 bits per heavy atom. The average molecular weight is 322 g/mol. The lowest BCUT2D eigenvalue weighted by atomic mass is 9.96. The summed E-state index contributed by atoms with van der Waals surface area (Å²) in [4.78, 5) is 14.0. The number of halogens is 1. The summed E-state index contributed by atoms with van der Waals surface area (Å²) in [5, 5.41) is 0. The van der Waals surface area contributed by atoms with Crippen molar-refractivity contribution in [2.45, 2.75) is 31.6 Å². The Balaban J connectivity index is 1.75. The zero-order chi connectivity index (χ0) is 15.4. The summed E-state index contributed by atoms with van der Waals surface area (Å²) in [7, 11) is 0. The van der Waals surface area contributed by atoms with E-state index in [1.165, 1.54) is 0 Å². The summed E-state index contributed by atoms with van der Waals surface area (Å²) < 4.78 is 11.4. The van der Waals surface area contributed by atoms with Gasteiger partial charge in [-0.05, 0) is 12.0 Å². The van der Waals surface area contributed by atoms with E-state index in [1.807, 2.05) is 30.3 Å². The molecule has 2 aliphatic rings. The van der Waals surface area contributed by atoms with Crippen LogP contribution in [0.1, 0.15) is 24.8 Å². The van der Waals surface area contributed by atoms with Crippen LogP contribution in [0, 0.1) is 0 Å². The van der Waals surface area contributed by atoms with Gasteiger partial charge >= 0.3 is 0 Å². The van der Waals surface area contributed by atoms with Gasteiger partial charge in [0.05, 0.1) is 19.8 Å². The first-order valence-electron chi connectivity index (χ1n) is 7.60. The Labute approximate surface area is 135 Å². The topological polar surface area (TPSA) is 38.8 Å². The SMILES string of the molecule is O=C(CCl)N(Cc1ccccc1)C1=CCC2(CC1)OCCO2. The van der Waals surface area contributed by atoms with Crippen LogP contribution in [-0.4, -0.2) is 35.7 Å². The molecule has 4 nitrogen and oxygen atoms in total. The summed E-state index contributed by atoms with van der Waals surface area (Å²) in [6.07, 6.45) is 4.28. The van der Waals surface area contributed by atoms with Crippen LogP contribution in [0.25, 0.3) is 0 Å². The van der Waals surface area contributed by atoms with E-state index < -0.39 is 5.79 Å². The van der Waals surface area contributed by atoms with Crippen molar-refractivity contribution in [3.8, 4) is 0 Å². The van der Waals surface area contributed by atoms with Gasteiger partial charge in [-0.1, -0.05) is 36.4 Å².